The lowest BCUT2D eigenvalue weighted by molar-refractivity contribution is -0.114. The number of hydrogen-bond donors (Lipinski definition) is 5. The highest BCUT2D eigenvalue weighted by Gasteiger charge is 2.09. The van der Waals surface area contributed by atoms with E-state index in [1.165, 1.54) is 12.3 Å². The summed E-state index contributed by atoms with van der Waals surface area (Å²) in [4.78, 5) is 35.7. The van der Waals surface area contributed by atoms with Gasteiger partial charge in [0.15, 0.2) is 0 Å². The lowest BCUT2D eigenvalue weighted by Crippen LogP contribution is -2.27. The van der Waals surface area contributed by atoms with Gasteiger partial charge in [-0.3, -0.25) is 9.59 Å². The maximum absolute atomic E-state index is 12.2. The Hall–Kier alpha value is -4.31. The number of nitrogens with zero attached hydrogens (tertiary/aromatic N) is 3. The van der Waals surface area contributed by atoms with Crippen LogP contribution in [0, 0.1) is 0 Å². The number of carbonyl (C=O) groups excluding carboxylic acids is 2. The number of aromatic hydroxyl groups is 1. The van der Waals surface area contributed by atoms with Crippen LogP contribution in [-0.4, -0.2) is 51.4 Å². The zero-order chi connectivity index (χ0) is 22.2. The number of aliphatic hydroxyl groups excluding tert-OH is 1. The minimum absolute atomic E-state index is 0.0752. The number of rotatable bonds is 7. The predicted molar refractivity (Wildman–Crippen MR) is 116 cm³/mol. The molecule has 0 unspecified atom stereocenters. The molecule has 1 aromatic heterocycles. The van der Waals surface area contributed by atoms with E-state index in [-0.39, 0.29) is 36.2 Å². The number of nitrogen functional groups attached to an aromatic ring is 1. The summed E-state index contributed by atoms with van der Waals surface area (Å²) in [6.45, 7) is -0.131. The summed E-state index contributed by atoms with van der Waals surface area (Å²) < 4.78 is 0. The van der Waals surface area contributed by atoms with Gasteiger partial charge in [0.2, 0.25) is 5.95 Å². The fourth-order valence-corrected chi connectivity index (χ4v) is 2.63. The lowest BCUT2D eigenvalue weighted by Gasteiger charge is -2.09. The van der Waals surface area contributed by atoms with E-state index >= 15 is 0 Å². The summed E-state index contributed by atoms with van der Waals surface area (Å²) in [6.07, 6.45) is 2.39. The highest BCUT2D eigenvalue weighted by molar-refractivity contribution is 6.28. The molecule has 0 atom stereocenters. The first-order valence-electron chi connectivity index (χ1n) is 9.22. The molecule has 0 aliphatic heterocycles. The summed E-state index contributed by atoms with van der Waals surface area (Å²) in [6, 6.07) is 13.0. The smallest absolute Gasteiger partial charge is 0.277 e. The number of anilines is 3. The minimum Gasteiger partial charge on any atom is -0.508 e. The maximum Gasteiger partial charge on any atom is 0.277 e. The molecule has 6 N–H and O–H groups in total. The number of nitrogens with two attached hydrogens (primary N) is 1. The minimum atomic E-state index is -0.609. The van der Waals surface area contributed by atoms with Crippen LogP contribution in [0.3, 0.4) is 0 Å². The molecule has 2 amide bonds. The summed E-state index contributed by atoms with van der Waals surface area (Å²) in [5.41, 5.74) is 8.06. The van der Waals surface area contributed by atoms with Gasteiger partial charge in [0.05, 0.1) is 12.8 Å². The van der Waals surface area contributed by atoms with E-state index in [1.807, 2.05) is 0 Å². The number of aromatic nitrogens is 2. The molecule has 10 heteroatoms. The number of aliphatic hydroxyl groups is 1. The van der Waals surface area contributed by atoms with Crippen LogP contribution < -0.4 is 16.4 Å². The van der Waals surface area contributed by atoms with Crippen molar-refractivity contribution >= 4 is 35.5 Å². The maximum atomic E-state index is 12.2. The van der Waals surface area contributed by atoms with E-state index in [2.05, 4.69) is 25.6 Å². The zero-order valence-corrected chi connectivity index (χ0v) is 16.3. The molecular weight excluding hydrogens is 400 g/mol. The number of benzene rings is 2. The first-order chi connectivity index (χ1) is 15.0. The third-order valence-electron chi connectivity index (χ3n) is 4.05. The predicted octanol–water partition coefficient (Wildman–Crippen LogP) is 1.49. The quantitative estimate of drug-likeness (QED) is 0.359. The highest BCUT2D eigenvalue weighted by atomic mass is 16.3. The van der Waals surface area contributed by atoms with Crippen molar-refractivity contribution in [2.75, 3.05) is 24.2 Å². The number of amides is 2. The van der Waals surface area contributed by atoms with Gasteiger partial charge >= 0.3 is 0 Å². The van der Waals surface area contributed by atoms with Crippen LogP contribution in [0.25, 0.3) is 11.1 Å². The van der Waals surface area contributed by atoms with Crippen LogP contribution >= 0.6 is 0 Å². The Morgan fingerprint density at radius 3 is 2.71 bits per heavy atom. The number of hydrogen-bond acceptors (Lipinski definition) is 8. The van der Waals surface area contributed by atoms with Gasteiger partial charge in [-0.05, 0) is 35.9 Å². The molecule has 158 valence electrons. The topological polar surface area (TPSA) is 163 Å². The van der Waals surface area contributed by atoms with E-state index in [0.29, 0.717) is 16.8 Å². The lowest BCUT2D eigenvalue weighted by atomic mass is 10.1. The second kappa shape index (κ2) is 9.94. The van der Waals surface area contributed by atoms with Crippen LogP contribution in [0.1, 0.15) is 10.4 Å². The summed E-state index contributed by atoms with van der Waals surface area (Å²) >= 11 is 0. The van der Waals surface area contributed by atoms with E-state index < -0.39 is 11.8 Å². The van der Waals surface area contributed by atoms with Gasteiger partial charge in [0, 0.05) is 29.6 Å². The van der Waals surface area contributed by atoms with E-state index in [9.17, 15) is 14.7 Å². The van der Waals surface area contributed by atoms with Gasteiger partial charge in [0.1, 0.15) is 11.6 Å². The second-order valence-corrected chi connectivity index (χ2v) is 6.33. The Morgan fingerprint density at radius 1 is 1.16 bits per heavy atom. The summed E-state index contributed by atoms with van der Waals surface area (Å²) in [5, 5.41) is 23.6. The number of aliphatic imine (C=N–C) groups is 1. The molecule has 0 aliphatic rings. The normalized spacial score (nSPS) is 10.7. The van der Waals surface area contributed by atoms with Crippen LogP contribution in [0.4, 0.5) is 17.5 Å². The molecule has 3 aromatic rings. The average molecular weight is 420 g/mol. The van der Waals surface area contributed by atoms with Crippen molar-refractivity contribution in [3.8, 4) is 16.9 Å². The van der Waals surface area contributed by atoms with Crippen molar-refractivity contribution in [3.63, 3.8) is 0 Å². The van der Waals surface area contributed by atoms with E-state index in [0.717, 1.165) is 6.21 Å². The Balaban J connectivity index is 1.72. The van der Waals surface area contributed by atoms with Gasteiger partial charge < -0.3 is 26.6 Å². The molecule has 0 spiro atoms. The number of phenolic OH excluding ortho intramolecular Hbond substituents is 1. The molecule has 0 bridgehead atoms. The molecule has 3 rings (SSSR count). The zero-order valence-electron chi connectivity index (χ0n) is 16.3. The largest absolute Gasteiger partial charge is 0.508 e. The molecule has 31 heavy (non-hydrogen) atoms. The van der Waals surface area contributed by atoms with Crippen LogP contribution in [0.2, 0.25) is 0 Å². The van der Waals surface area contributed by atoms with Crippen molar-refractivity contribution in [2.24, 2.45) is 4.99 Å². The molecule has 0 fully saturated rings. The third-order valence-corrected chi connectivity index (χ3v) is 4.05. The second-order valence-electron chi connectivity index (χ2n) is 6.33. The molecular formula is C21H20N6O4. The molecule has 0 saturated heterocycles. The Morgan fingerprint density at radius 2 is 1.97 bits per heavy atom. The van der Waals surface area contributed by atoms with Crippen molar-refractivity contribution in [1.29, 1.82) is 0 Å². The molecule has 10 nitrogen and oxygen atoms in total. The van der Waals surface area contributed by atoms with E-state index in [1.54, 1.807) is 42.5 Å². The number of nitrogens with one attached hydrogen (secondary N) is 2. The highest BCUT2D eigenvalue weighted by Crippen LogP contribution is 2.27. The van der Waals surface area contributed by atoms with Gasteiger partial charge in [0.25, 0.3) is 11.8 Å². The average Bonchev–Trinajstić information content (AvgIpc) is 2.76. The van der Waals surface area contributed by atoms with Crippen molar-refractivity contribution in [2.45, 2.75) is 0 Å². The Bertz CT molecular complexity index is 1130. The molecule has 2 aromatic carbocycles. The molecule has 1 heterocycles. The van der Waals surface area contributed by atoms with Gasteiger partial charge in [-0.15, -0.1) is 0 Å². The van der Waals surface area contributed by atoms with Gasteiger partial charge in [-0.25, -0.2) is 9.98 Å². The fourth-order valence-electron chi connectivity index (χ4n) is 2.63. The van der Waals surface area contributed by atoms with Crippen molar-refractivity contribution in [1.82, 2.24) is 15.3 Å². The SMILES string of the molecule is Nc1nc(Nc2cccc(C(=O)N=CC(=O)NCCO)c2)ncc1-c1cccc(O)c1. The molecule has 0 saturated carbocycles. The van der Waals surface area contributed by atoms with Gasteiger partial charge in [-0.1, -0.05) is 18.2 Å². The molecule has 0 radical (unpaired) electrons. The fraction of sp³-hybridized carbons (Fsp3) is 0.0952. The first-order valence-corrected chi connectivity index (χ1v) is 9.22. The summed E-state index contributed by atoms with van der Waals surface area (Å²) in [5.74, 6) is -0.643. The third kappa shape index (κ3) is 5.84. The Labute approximate surface area is 177 Å². The number of phenols is 1. The van der Waals surface area contributed by atoms with Crippen molar-refractivity contribution < 1.29 is 19.8 Å². The first kappa shape index (κ1) is 21.4. The Kier molecular flexibility index (Phi) is 6.86. The van der Waals surface area contributed by atoms with Gasteiger partial charge in [-0.2, -0.15) is 4.98 Å². The molecule has 0 aliphatic carbocycles. The van der Waals surface area contributed by atoms with Crippen LogP contribution in [0.15, 0.2) is 59.7 Å². The van der Waals surface area contributed by atoms with Crippen LogP contribution in [0.5, 0.6) is 5.75 Å². The van der Waals surface area contributed by atoms with E-state index in [4.69, 9.17) is 10.8 Å². The summed E-state index contributed by atoms with van der Waals surface area (Å²) in [7, 11) is 0. The number of carbonyl (C=O) groups is 2. The standard InChI is InChI=1S/C21H20N6O4/c22-19-17(13-3-2-6-16(29)10-13)11-25-21(27-19)26-15-5-1-4-14(9-15)20(31)24-12-18(30)23-7-8-28/h1-6,9-12,28-29H,7-8H2,(H,23,30)(H3,22,25,26,27). The monoisotopic (exact) mass is 420 g/mol. The van der Waals surface area contributed by atoms with Crippen molar-refractivity contribution in [3.05, 3.63) is 60.3 Å². The van der Waals surface area contributed by atoms with Crippen LogP contribution in [-0.2, 0) is 4.79 Å².